The van der Waals surface area contributed by atoms with Crippen LogP contribution in [0, 0.1) is 0 Å². The van der Waals surface area contributed by atoms with E-state index in [1.165, 1.54) is 6.42 Å². The average molecular weight is 289 g/mol. The second-order valence-electron chi connectivity index (χ2n) is 5.11. The van der Waals surface area contributed by atoms with Gasteiger partial charge in [-0.3, -0.25) is 0 Å². The third-order valence-corrected chi connectivity index (χ3v) is 3.60. The van der Waals surface area contributed by atoms with E-state index >= 15 is 0 Å². The third kappa shape index (κ3) is 3.42. The zero-order valence-electron chi connectivity index (χ0n) is 11.8. The van der Waals surface area contributed by atoms with E-state index in [1.807, 2.05) is 6.07 Å². The average Bonchev–Trinajstić information content (AvgIpc) is 3.08. The second kappa shape index (κ2) is 6.43. The van der Waals surface area contributed by atoms with Gasteiger partial charge in [-0.05, 0) is 25.0 Å². The van der Waals surface area contributed by atoms with Crippen LogP contribution in [-0.2, 0) is 26.1 Å². The maximum Gasteiger partial charge on any atom is 0.315 e. The summed E-state index contributed by atoms with van der Waals surface area (Å²) in [5, 5.41) is 13.9. The molecule has 0 bridgehead atoms. The number of aryl methyl sites for hydroxylation is 1. The number of nitrogens with one attached hydrogen (secondary N) is 2. The van der Waals surface area contributed by atoms with E-state index in [0.29, 0.717) is 13.1 Å². The number of aromatic nitrogens is 3. The van der Waals surface area contributed by atoms with Crippen molar-refractivity contribution in [1.29, 1.82) is 0 Å². The lowest BCUT2D eigenvalue weighted by Crippen LogP contribution is -2.35. The number of nitrogens with zero attached hydrogens (tertiary/aromatic N) is 3. The largest absolute Gasteiger partial charge is 0.467 e. The summed E-state index contributed by atoms with van der Waals surface area (Å²) >= 11 is 0. The van der Waals surface area contributed by atoms with E-state index in [-0.39, 0.29) is 6.03 Å². The molecule has 21 heavy (non-hydrogen) atoms. The molecule has 0 radical (unpaired) electrons. The Bertz CT molecular complexity index is 591. The van der Waals surface area contributed by atoms with Crippen LogP contribution in [0.4, 0.5) is 4.79 Å². The molecule has 0 unspecified atom stereocenters. The normalized spacial score (nSPS) is 14.3. The summed E-state index contributed by atoms with van der Waals surface area (Å²) in [5.41, 5.74) is 0. The van der Waals surface area contributed by atoms with Gasteiger partial charge in [-0.1, -0.05) is 6.42 Å². The number of hydrogen-bond donors (Lipinski definition) is 2. The van der Waals surface area contributed by atoms with E-state index in [9.17, 15) is 4.79 Å². The Morgan fingerprint density at radius 1 is 1.24 bits per heavy atom. The molecule has 2 aromatic rings. The van der Waals surface area contributed by atoms with Crippen LogP contribution < -0.4 is 10.6 Å². The van der Waals surface area contributed by atoms with Gasteiger partial charge in [-0.15, -0.1) is 10.2 Å². The lowest BCUT2D eigenvalue weighted by Gasteiger charge is -2.08. The highest BCUT2D eigenvalue weighted by Gasteiger charge is 2.14. The van der Waals surface area contributed by atoms with Crippen LogP contribution in [0.2, 0.25) is 0 Å². The van der Waals surface area contributed by atoms with Crippen molar-refractivity contribution >= 4 is 6.03 Å². The Hall–Kier alpha value is -2.31. The molecular weight excluding hydrogens is 270 g/mol. The molecule has 2 aromatic heterocycles. The Kier molecular flexibility index (Phi) is 4.18. The van der Waals surface area contributed by atoms with Crippen molar-refractivity contribution in [2.75, 3.05) is 0 Å². The second-order valence-corrected chi connectivity index (χ2v) is 5.11. The van der Waals surface area contributed by atoms with Crippen LogP contribution in [-0.4, -0.2) is 20.8 Å². The monoisotopic (exact) mass is 289 g/mol. The van der Waals surface area contributed by atoms with Crippen molar-refractivity contribution < 1.29 is 9.21 Å². The molecule has 0 saturated heterocycles. The van der Waals surface area contributed by atoms with Crippen LogP contribution in [0.1, 0.15) is 36.7 Å². The summed E-state index contributed by atoms with van der Waals surface area (Å²) in [7, 11) is 0. The molecule has 2 amide bonds. The molecule has 112 valence electrons. The van der Waals surface area contributed by atoms with Crippen molar-refractivity contribution in [2.24, 2.45) is 0 Å². The standard InChI is InChI=1S/C14H19N5O2/c20-14(15-9-11-5-4-8-21-11)16-10-13-18-17-12-6-2-1-3-7-19(12)13/h4-5,8H,1-3,6-7,9-10H2,(H2,15,16,20). The van der Waals surface area contributed by atoms with Gasteiger partial charge >= 0.3 is 6.03 Å². The lowest BCUT2D eigenvalue weighted by molar-refractivity contribution is 0.238. The van der Waals surface area contributed by atoms with Gasteiger partial charge in [-0.25, -0.2) is 4.79 Å². The number of hydrogen-bond acceptors (Lipinski definition) is 4. The highest BCUT2D eigenvalue weighted by molar-refractivity contribution is 5.73. The van der Waals surface area contributed by atoms with E-state index in [1.54, 1.807) is 12.3 Å². The third-order valence-electron chi connectivity index (χ3n) is 3.60. The number of furan rings is 1. The Morgan fingerprint density at radius 2 is 2.14 bits per heavy atom. The van der Waals surface area contributed by atoms with Crippen molar-refractivity contribution in [3.63, 3.8) is 0 Å². The Balaban J connectivity index is 1.50. The molecule has 0 atom stereocenters. The van der Waals surface area contributed by atoms with Gasteiger partial charge in [0.2, 0.25) is 0 Å². The SMILES string of the molecule is O=C(NCc1ccco1)NCc1nnc2n1CCCCC2. The van der Waals surface area contributed by atoms with E-state index in [2.05, 4.69) is 25.4 Å². The molecule has 7 heteroatoms. The predicted molar refractivity (Wildman–Crippen MR) is 75.4 cm³/mol. The molecule has 0 aliphatic carbocycles. The molecule has 1 aliphatic rings. The molecule has 0 spiro atoms. The van der Waals surface area contributed by atoms with Crippen molar-refractivity contribution in [2.45, 2.75) is 45.3 Å². The van der Waals surface area contributed by atoms with Gasteiger partial charge in [0.1, 0.15) is 11.6 Å². The van der Waals surface area contributed by atoms with Gasteiger partial charge < -0.3 is 19.6 Å². The van der Waals surface area contributed by atoms with E-state index < -0.39 is 0 Å². The molecule has 3 heterocycles. The Morgan fingerprint density at radius 3 is 3.00 bits per heavy atom. The number of carbonyl (C=O) groups is 1. The molecule has 2 N–H and O–H groups in total. The summed E-state index contributed by atoms with van der Waals surface area (Å²) in [5.74, 6) is 2.57. The minimum atomic E-state index is -0.239. The maximum absolute atomic E-state index is 11.7. The summed E-state index contributed by atoms with van der Waals surface area (Å²) in [4.78, 5) is 11.7. The predicted octanol–water partition coefficient (Wildman–Crippen LogP) is 1.60. The number of amides is 2. The van der Waals surface area contributed by atoms with Crippen molar-refractivity contribution in [3.05, 3.63) is 35.8 Å². The Labute approximate surface area is 122 Å². The summed E-state index contributed by atoms with van der Waals surface area (Å²) in [6.07, 6.45) is 6.08. The summed E-state index contributed by atoms with van der Waals surface area (Å²) in [6, 6.07) is 3.37. The first-order chi connectivity index (χ1) is 10.3. The fourth-order valence-electron chi connectivity index (χ4n) is 2.48. The highest BCUT2D eigenvalue weighted by Crippen LogP contribution is 2.14. The first kappa shape index (κ1) is 13.7. The molecule has 0 saturated carbocycles. The molecule has 3 rings (SSSR count). The summed E-state index contributed by atoms with van der Waals surface area (Å²) in [6.45, 7) is 1.70. The van der Waals surface area contributed by atoms with Gasteiger partial charge in [0.25, 0.3) is 0 Å². The summed E-state index contributed by atoms with van der Waals surface area (Å²) < 4.78 is 7.28. The first-order valence-corrected chi connectivity index (χ1v) is 7.28. The van der Waals surface area contributed by atoms with Crippen LogP contribution >= 0.6 is 0 Å². The van der Waals surface area contributed by atoms with Crippen LogP contribution in [0.3, 0.4) is 0 Å². The quantitative estimate of drug-likeness (QED) is 0.895. The zero-order valence-corrected chi connectivity index (χ0v) is 11.8. The van der Waals surface area contributed by atoms with Crippen molar-refractivity contribution in [3.8, 4) is 0 Å². The molecule has 0 aromatic carbocycles. The van der Waals surface area contributed by atoms with Crippen LogP contribution in [0.15, 0.2) is 22.8 Å². The zero-order chi connectivity index (χ0) is 14.5. The fraction of sp³-hybridized carbons (Fsp3) is 0.500. The minimum absolute atomic E-state index is 0.239. The van der Waals surface area contributed by atoms with Gasteiger partial charge in [0, 0.05) is 13.0 Å². The minimum Gasteiger partial charge on any atom is -0.467 e. The highest BCUT2D eigenvalue weighted by atomic mass is 16.3. The van der Waals surface area contributed by atoms with E-state index in [4.69, 9.17) is 4.42 Å². The molecule has 0 fully saturated rings. The van der Waals surface area contributed by atoms with Crippen molar-refractivity contribution in [1.82, 2.24) is 25.4 Å². The van der Waals surface area contributed by atoms with Gasteiger partial charge in [-0.2, -0.15) is 0 Å². The molecule has 1 aliphatic heterocycles. The maximum atomic E-state index is 11.7. The number of rotatable bonds is 4. The number of carbonyl (C=O) groups excluding carboxylic acids is 1. The first-order valence-electron chi connectivity index (χ1n) is 7.28. The lowest BCUT2D eigenvalue weighted by atomic mass is 10.2. The van der Waals surface area contributed by atoms with Gasteiger partial charge in [0.15, 0.2) is 5.82 Å². The van der Waals surface area contributed by atoms with Gasteiger partial charge in [0.05, 0.1) is 19.4 Å². The van der Waals surface area contributed by atoms with Crippen LogP contribution in [0.5, 0.6) is 0 Å². The number of urea groups is 1. The smallest absolute Gasteiger partial charge is 0.315 e. The molecule has 7 nitrogen and oxygen atoms in total. The number of fused-ring (bicyclic) bond motifs is 1. The topological polar surface area (TPSA) is 85.0 Å². The van der Waals surface area contributed by atoms with Crippen LogP contribution in [0.25, 0.3) is 0 Å². The molecular formula is C14H19N5O2. The van der Waals surface area contributed by atoms with E-state index in [0.717, 1.165) is 43.2 Å². The fourth-order valence-corrected chi connectivity index (χ4v) is 2.48.